The summed E-state index contributed by atoms with van der Waals surface area (Å²) in [7, 11) is 1.66. The average Bonchev–Trinajstić information content (AvgIpc) is 2.25. The van der Waals surface area contributed by atoms with Gasteiger partial charge in [0, 0.05) is 7.11 Å². The van der Waals surface area contributed by atoms with E-state index < -0.39 is 0 Å². The molecule has 0 spiro atoms. The van der Waals surface area contributed by atoms with Crippen LogP contribution in [-0.2, 0) is 18.9 Å². The average molecular weight is 262 g/mol. The van der Waals surface area contributed by atoms with Gasteiger partial charge in [-0.25, -0.2) is 0 Å². The third kappa shape index (κ3) is 12.3. The highest BCUT2D eigenvalue weighted by Crippen LogP contribution is 2.19. The Balaban J connectivity index is 3.29. The Bertz CT molecular complexity index is 181. The second-order valence-electron chi connectivity index (χ2n) is 5.42. The van der Waals surface area contributed by atoms with Gasteiger partial charge in [0.05, 0.1) is 45.2 Å². The monoisotopic (exact) mass is 262 g/mol. The molecule has 0 aromatic heterocycles. The van der Waals surface area contributed by atoms with Gasteiger partial charge in [-0.05, 0) is 26.2 Å². The van der Waals surface area contributed by atoms with Gasteiger partial charge in [0.2, 0.25) is 0 Å². The van der Waals surface area contributed by atoms with E-state index in [0.29, 0.717) is 45.6 Å². The van der Waals surface area contributed by atoms with E-state index in [2.05, 4.69) is 27.7 Å². The molecule has 4 heteroatoms. The van der Waals surface area contributed by atoms with Crippen LogP contribution in [-0.4, -0.2) is 52.4 Å². The Morgan fingerprint density at radius 3 is 1.83 bits per heavy atom. The first-order chi connectivity index (χ1) is 8.48. The van der Waals surface area contributed by atoms with Gasteiger partial charge in [0.25, 0.3) is 0 Å². The Hall–Kier alpha value is -0.160. The van der Waals surface area contributed by atoms with Crippen molar-refractivity contribution in [3.05, 3.63) is 0 Å². The smallest absolute Gasteiger partial charge is 0.0707 e. The van der Waals surface area contributed by atoms with Crippen molar-refractivity contribution < 1.29 is 18.9 Å². The molecule has 0 saturated heterocycles. The zero-order chi connectivity index (χ0) is 13.9. The van der Waals surface area contributed by atoms with Crippen molar-refractivity contribution in [1.29, 1.82) is 0 Å². The Kier molecular flexibility index (Phi) is 10.6. The number of ether oxygens (including phenoxy) is 4. The lowest BCUT2D eigenvalue weighted by Crippen LogP contribution is -2.28. The lowest BCUT2D eigenvalue weighted by Gasteiger charge is -2.27. The van der Waals surface area contributed by atoms with Crippen molar-refractivity contribution in [3.63, 3.8) is 0 Å². The predicted octanol–water partition coefficient (Wildman–Crippen LogP) is 2.51. The number of hydrogen-bond donors (Lipinski definition) is 0. The lowest BCUT2D eigenvalue weighted by molar-refractivity contribution is -0.0620. The highest BCUT2D eigenvalue weighted by Gasteiger charge is 2.19. The van der Waals surface area contributed by atoms with E-state index in [4.69, 9.17) is 18.9 Å². The zero-order valence-electron chi connectivity index (χ0n) is 12.7. The largest absolute Gasteiger partial charge is 0.382 e. The van der Waals surface area contributed by atoms with Crippen LogP contribution in [0, 0.1) is 5.92 Å². The number of hydrogen-bond acceptors (Lipinski definition) is 4. The Morgan fingerprint density at radius 1 is 0.833 bits per heavy atom. The van der Waals surface area contributed by atoms with Gasteiger partial charge in [-0.3, -0.25) is 0 Å². The van der Waals surface area contributed by atoms with Crippen molar-refractivity contribution in [1.82, 2.24) is 0 Å². The Morgan fingerprint density at radius 2 is 1.33 bits per heavy atom. The molecule has 0 bridgehead atoms. The normalized spacial score (nSPS) is 12.3. The summed E-state index contributed by atoms with van der Waals surface area (Å²) in [6.45, 7) is 12.4. The van der Waals surface area contributed by atoms with Crippen LogP contribution in [0.3, 0.4) is 0 Å². The van der Waals surface area contributed by atoms with E-state index in [-0.39, 0.29) is 5.60 Å². The summed E-state index contributed by atoms with van der Waals surface area (Å²) in [6, 6.07) is 0. The van der Waals surface area contributed by atoms with Crippen molar-refractivity contribution in [2.24, 2.45) is 5.92 Å². The molecule has 0 fully saturated rings. The van der Waals surface area contributed by atoms with E-state index in [9.17, 15) is 0 Å². The third-order valence-corrected chi connectivity index (χ3v) is 2.42. The lowest BCUT2D eigenvalue weighted by atomic mass is 9.96. The van der Waals surface area contributed by atoms with Crippen molar-refractivity contribution in [2.75, 3.05) is 46.8 Å². The molecule has 18 heavy (non-hydrogen) atoms. The molecule has 0 aliphatic carbocycles. The molecular formula is C14H30O4. The molecule has 0 aliphatic rings. The van der Waals surface area contributed by atoms with Gasteiger partial charge in [-0.2, -0.15) is 0 Å². The topological polar surface area (TPSA) is 36.9 Å². The first-order valence-corrected chi connectivity index (χ1v) is 6.76. The van der Waals surface area contributed by atoms with Gasteiger partial charge in [0.1, 0.15) is 0 Å². The summed E-state index contributed by atoms with van der Waals surface area (Å²) in [4.78, 5) is 0. The van der Waals surface area contributed by atoms with Gasteiger partial charge in [0.15, 0.2) is 0 Å². The maximum Gasteiger partial charge on any atom is 0.0707 e. The first kappa shape index (κ1) is 17.8. The van der Waals surface area contributed by atoms with Crippen molar-refractivity contribution >= 4 is 0 Å². The third-order valence-electron chi connectivity index (χ3n) is 2.42. The molecular weight excluding hydrogens is 232 g/mol. The van der Waals surface area contributed by atoms with Crippen LogP contribution in [0.5, 0.6) is 0 Å². The fourth-order valence-corrected chi connectivity index (χ4v) is 1.88. The molecule has 4 nitrogen and oxygen atoms in total. The minimum Gasteiger partial charge on any atom is -0.382 e. The maximum atomic E-state index is 5.80. The molecule has 0 aromatic carbocycles. The summed E-state index contributed by atoms with van der Waals surface area (Å²) < 4.78 is 21.4. The van der Waals surface area contributed by atoms with Crippen LogP contribution < -0.4 is 0 Å². The fourth-order valence-electron chi connectivity index (χ4n) is 1.88. The molecule has 0 unspecified atom stereocenters. The molecule has 0 rings (SSSR count). The standard InChI is InChI=1S/C14H30O4/c1-13(2)12-14(3,4)18-11-10-17-9-8-16-7-6-15-5/h13H,6-12H2,1-5H3. The first-order valence-electron chi connectivity index (χ1n) is 6.76. The summed E-state index contributed by atoms with van der Waals surface area (Å²) in [5.41, 5.74) is -0.0630. The summed E-state index contributed by atoms with van der Waals surface area (Å²) in [6.07, 6.45) is 1.06. The molecule has 0 heterocycles. The molecule has 0 N–H and O–H groups in total. The molecule has 0 saturated carbocycles. The van der Waals surface area contributed by atoms with Crippen molar-refractivity contribution in [3.8, 4) is 0 Å². The second kappa shape index (κ2) is 10.7. The van der Waals surface area contributed by atoms with Crippen molar-refractivity contribution in [2.45, 2.75) is 39.7 Å². The van der Waals surface area contributed by atoms with Gasteiger partial charge in [-0.1, -0.05) is 13.8 Å². The second-order valence-corrected chi connectivity index (χ2v) is 5.42. The highest BCUT2D eigenvalue weighted by molar-refractivity contribution is 4.70. The maximum absolute atomic E-state index is 5.80. The van der Waals surface area contributed by atoms with Crippen LogP contribution in [0.4, 0.5) is 0 Å². The van der Waals surface area contributed by atoms with Gasteiger partial charge in [-0.15, -0.1) is 0 Å². The quantitative estimate of drug-likeness (QED) is 0.506. The highest BCUT2D eigenvalue weighted by atomic mass is 16.6. The summed E-state index contributed by atoms with van der Waals surface area (Å²) >= 11 is 0. The molecule has 0 aliphatic heterocycles. The minimum absolute atomic E-state index is 0.0630. The molecule has 0 atom stereocenters. The predicted molar refractivity (Wildman–Crippen MR) is 73.0 cm³/mol. The van der Waals surface area contributed by atoms with Crippen LogP contribution in [0.15, 0.2) is 0 Å². The van der Waals surface area contributed by atoms with Crippen LogP contribution in [0.2, 0.25) is 0 Å². The van der Waals surface area contributed by atoms with Gasteiger partial charge < -0.3 is 18.9 Å². The Labute approximate surface area is 112 Å². The summed E-state index contributed by atoms with van der Waals surface area (Å²) in [5, 5.41) is 0. The van der Waals surface area contributed by atoms with E-state index in [1.165, 1.54) is 0 Å². The molecule has 110 valence electrons. The fraction of sp³-hybridized carbons (Fsp3) is 1.00. The minimum atomic E-state index is -0.0630. The molecule has 0 radical (unpaired) electrons. The number of rotatable bonds is 12. The molecule has 0 aromatic rings. The van der Waals surface area contributed by atoms with Crippen LogP contribution in [0.25, 0.3) is 0 Å². The van der Waals surface area contributed by atoms with Gasteiger partial charge >= 0.3 is 0 Å². The van der Waals surface area contributed by atoms with E-state index in [1.807, 2.05) is 0 Å². The van der Waals surface area contributed by atoms with E-state index in [0.717, 1.165) is 6.42 Å². The van der Waals surface area contributed by atoms with Crippen LogP contribution in [0.1, 0.15) is 34.1 Å². The zero-order valence-corrected chi connectivity index (χ0v) is 12.7. The van der Waals surface area contributed by atoms with E-state index >= 15 is 0 Å². The number of methoxy groups -OCH3 is 1. The summed E-state index contributed by atoms with van der Waals surface area (Å²) in [5.74, 6) is 0.648. The SMILES string of the molecule is COCCOCCOCCOC(C)(C)CC(C)C. The van der Waals surface area contributed by atoms with Crippen LogP contribution >= 0.6 is 0 Å². The molecule has 0 amide bonds. The van der Waals surface area contributed by atoms with E-state index in [1.54, 1.807) is 7.11 Å².